The highest BCUT2D eigenvalue weighted by Crippen LogP contribution is 2.27. The molecule has 2 aromatic carbocycles. The minimum absolute atomic E-state index is 0.387. The Bertz CT molecular complexity index is 839. The normalized spacial score (nSPS) is 14.5. The van der Waals surface area contributed by atoms with Gasteiger partial charge < -0.3 is 15.1 Å². The zero-order valence-electron chi connectivity index (χ0n) is 14.0. The maximum absolute atomic E-state index is 13.7. The van der Waals surface area contributed by atoms with Gasteiger partial charge in [0.05, 0.1) is 5.69 Å². The Balaban J connectivity index is 1.64. The number of carbonyl (C=O) groups excluding carboxylic acids is 1. The molecule has 26 heavy (non-hydrogen) atoms. The molecule has 0 atom stereocenters. The van der Waals surface area contributed by atoms with Crippen LogP contribution >= 0.6 is 11.6 Å². The van der Waals surface area contributed by atoms with Crippen molar-refractivity contribution >= 4 is 29.0 Å². The van der Waals surface area contributed by atoms with Crippen LogP contribution in [0.15, 0.2) is 30.3 Å². The molecule has 0 aromatic heterocycles. The molecular weight excluding hydrogens is 367 g/mol. The van der Waals surface area contributed by atoms with Crippen LogP contribution in [0.4, 0.5) is 29.3 Å². The molecule has 1 aliphatic rings. The van der Waals surface area contributed by atoms with Crippen molar-refractivity contribution in [1.29, 1.82) is 0 Å². The second kappa shape index (κ2) is 7.45. The zero-order chi connectivity index (χ0) is 18.8. The molecular formula is C18H17ClF3N3O. The predicted molar refractivity (Wildman–Crippen MR) is 95.3 cm³/mol. The van der Waals surface area contributed by atoms with E-state index in [-0.39, 0.29) is 5.69 Å². The predicted octanol–water partition coefficient (Wildman–Crippen LogP) is 4.42. The third-order valence-corrected chi connectivity index (χ3v) is 4.83. The van der Waals surface area contributed by atoms with Gasteiger partial charge in [-0.2, -0.15) is 0 Å². The third kappa shape index (κ3) is 3.58. The highest BCUT2D eigenvalue weighted by molar-refractivity contribution is 6.31. The van der Waals surface area contributed by atoms with Gasteiger partial charge in [0.15, 0.2) is 17.5 Å². The zero-order valence-corrected chi connectivity index (χ0v) is 14.8. The van der Waals surface area contributed by atoms with Crippen LogP contribution in [0.2, 0.25) is 5.02 Å². The topological polar surface area (TPSA) is 35.6 Å². The number of benzene rings is 2. The Labute approximate surface area is 154 Å². The lowest BCUT2D eigenvalue weighted by molar-refractivity contribution is 0.208. The van der Waals surface area contributed by atoms with E-state index in [0.29, 0.717) is 31.2 Å². The molecule has 1 aliphatic heterocycles. The van der Waals surface area contributed by atoms with E-state index in [9.17, 15) is 18.0 Å². The van der Waals surface area contributed by atoms with Gasteiger partial charge in [0.25, 0.3) is 0 Å². The molecule has 0 bridgehead atoms. The van der Waals surface area contributed by atoms with Crippen molar-refractivity contribution in [2.75, 3.05) is 36.4 Å². The number of nitrogens with one attached hydrogen (secondary N) is 1. The third-order valence-electron chi connectivity index (χ3n) is 4.42. The molecule has 0 saturated carbocycles. The van der Waals surface area contributed by atoms with Gasteiger partial charge in [-0.25, -0.2) is 18.0 Å². The highest BCUT2D eigenvalue weighted by atomic mass is 35.5. The molecule has 0 radical (unpaired) electrons. The summed E-state index contributed by atoms with van der Waals surface area (Å²) >= 11 is 6.15. The average Bonchev–Trinajstić information content (AvgIpc) is 2.64. The fourth-order valence-electron chi connectivity index (χ4n) is 2.91. The van der Waals surface area contributed by atoms with Crippen molar-refractivity contribution in [2.24, 2.45) is 0 Å². The van der Waals surface area contributed by atoms with E-state index in [4.69, 9.17) is 11.6 Å². The number of hydrogen-bond donors (Lipinski definition) is 1. The van der Waals surface area contributed by atoms with Gasteiger partial charge in [-0.15, -0.1) is 0 Å². The highest BCUT2D eigenvalue weighted by Gasteiger charge is 2.24. The molecule has 1 saturated heterocycles. The molecule has 0 aliphatic carbocycles. The maximum atomic E-state index is 13.7. The van der Waals surface area contributed by atoms with E-state index in [2.05, 4.69) is 10.2 Å². The summed E-state index contributed by atoms with van der Waals surface area (Å²) in [5, 5.41) is 2.97. The quantitative estimate of drug-likeness (QED) is 0.779. The second-order valence-corrected chi connectivity index (χ2v) is 6.42. The Morgan fingerprint density at radius 3 is 2.42 bits per heavy atom. The molecule has 2 aromatic rings. The lowest BCUT2D eigenvalue weighted by Gasteiger charge is -2.36. The van der Waals surface area contributed by atoms with E-state index >= 15 is 0 Å². The van der Waals surface area contributed by atoms with E-state index < -0.39 is 23.5 Å². The van der Waals surface area contributed by atoms with Crippen molar-refractivity contribution < 1.29 is 18.0 Å². The summed E-state index contributed by atoms with van der Waals surface area (Å²) in [6.07, 6.45) is 0. The molecule has 0 spiro atoms. The van der Waals surface area contributed by atoms with Gasteiger partial charge >= 0.3 is 6.03 Å². The smallest absolute Gasteiger partial charge is 0.322 e. The first-order valence-corrected chi connectivity index (χ1v) is 8.45. The van der Waals surface area contributed by atoms with Gasteiger partial charge in [0.1, 0.15) is 0 Å². The van der Waals surface area contributed by atoms with Crippen LogP contribution in [0.25, 0.3) is 0 Å². The second-order valence-electron chi connectivity index (χ2n) is 6.01. The Hall–Kier alpha value is -2.41. The molecule has 138 valence electrons. The Morgan fingerprint density at radius 1 is 1.04 bits per heavy atom. The lowest BCUT2D eigenvalue weighted by atomic mass is 10.1. The van der Waals surface area contributed by atoms with Crippen molar-refractivity contribution in [3.63, 3.8) is 0 Å². The van der Waals surface area contributed by atoms with E-state index in [1.165, 1.54) is 4.90 Å². The van der Waals surface area contributed by atoms with Crippen LogP contribution in [0.1, 0.15) is 5.56 Å². The molecule has 1 heterocycles. The Kier molecular flexibility index (Phi) is 5.27. The van der Waals surface area contributed by atoms with Gasteiger partial charge in [0, 0.05) is 36.9 Å². The minimum atomic E-state index is -1.61. The first-order chi connectivity index (χ1) is 12.4. The Morgan fingerprint density at radius 2 is 1.73 bits per heavy atom. The molecule has 2 amide bonds. The molecule has 4 nitrogen and oxygen atoms in total. The maximum Gasteiger partial charge on any atom is 0.322 e. The first kappa shape index (κ1) is 18.4. The standard InChI is InChI=1S/C18H17ClF3N3O/c1-11-12(19)3-2-4-15(11)24-7-9-25(10-8-24)18(26)23-14-6-5-13(20)16(21)17(14)22/h2-6H,7-10H2,1H3,(H,23,26). The van der Waals surface area contributed by atoms with Crippen molar-refractivity contribution in [2.45, 2.75) is 6.92 Å². The number of carbonyl (C=O) groups is 1. The fourth-order valence-corrected chi connectivity index (χ4v) is 3.08. The van der Waals surface area contributed by atoms with Crippen molar-refractivity contribution in [3.8, 4) is 0 Å². The fraction of sp³-hybridized carbons (Fsp3) is 0.278. The van der Waals surface area contributed by atoms with Gasteiger partial charge in [-0.3, -0.25) is 0 Å². The molecule has 0 unspecified atom stereocenters. The van der Waals surface area contributed by atoms with E-state index in [1.807, 2.05) is 25.1 Å². The summed E-state index contributed by atoms with van der Waals surface area (Å²) in [5.41, 5.74) is 1.59. The van der Waals surface area contributed by atoms with Crippen LogP contribution in [0.3, 0.4) is 0 Å². The SMILES string of the molecule is Cc1c(Cl)cccc1N1CCN(C(=O)Nc2ccc(F)c(F)c2F)CC1. The van der Waals surface area contributed by atoms with Crippen LogP contribution in [-0.2, 0) is 0 Å². The lowest BCUT2D eigenvalue weighted by Crippen LogP contribution is -2.50. The number of halogens is 4. The first-order valence-electron chi connectivity index (χ1n) is 8.08. The molecule has 8 heteroatoms. The number of anilines is 2. The number of amides is 2. The monoisotopic (exact) mass is 383 g/mol. The van der Waals surface area contributed by atoms with Gasteiger partial charge in [-0.05, 0) is 36.8 Å². The summed E-state index contributed by atoms with van der Waals surface area (Å²) in [6.45, 7) is 3.90. The summed E-state index contributed by atoms with van der Waals surface area (Å²) in [5.74, 6) is -4.32. The largest absolute Gasteiger partial charge is 0.368 e. The van der Waals surface area contributed by atoms with E-state index in [0.717, 1.165) is 23.4 Å². The van der Waals surface area contributed by atoms with Gasteiger partial charge in [0.2, 0.25) is 0 Å². The number of nitrogens with zero attached hydrogens (tertiary/aromatic N) is 2. The van der Waals surface area contributed by atoms with Gasteiger partial charge in [-0.1, -0.05) is 17.7 Å². The van der Waals surface area contributed by atoms with Crippen molar-refractivity contribution in [3.05, 3.63) is 58.4 Å². The number of hydrogen-bond acceptors (Lipinski definition) is 2. The van der Waals surface area contributed by atoms with Crippen LogP contribution < -0.4 is 10.2 Å². The number of rotatable bonds is 2. The molecule has 1 N–H and O–H groups in total. The van der Waals surface area contributed by atoms with Crippen LogP contribution in [-0.4, -0.2) is 37.1 Å². The van der Waals surface area contributed by atoms with Crippen LogP contribution in [0, 0.1) is 24.4 Å². The summed E-state index contributed by atoms with van der Waals surface area (Å²) in [4.78, 5) is 15.9. The molecule has 3 rings (SSSR count). The van der Waals surface area contributed by atoms with Crippen LogP contribution in [0.5, 0.6) is 0 Å². The summed E-state index contributed by atoms with van der Waals surface area (Å²) < 4.78 is 39.9. The average molecular weight is 384 g/mol. The molecule has 1 fully saturated rings. The summed E-state index contributed by atoms with van der Waals surface area (Å²) in [7, 11) is 0. The number of piperazine rings is 1. The minimum Gasteiger partial charge on any atom is -0.368 e. The summed E-state index contributed by atoms with van der Waals surface area (Å²) in [6, 6.07) is 6.87. The number of urea groups is 1. The van der Waals surface area contributed by atoms with E-state index in [1.54, 1.807) is 0 Å². The van der Waals surface area contributed by atoms with Crippen molar-refractivity contribution in [1.82, 2.24) is 4.90 Å².